The molecule has 6 heteroatoms. The molecule has 0 saturated heterocycles. The Balaban J connectivity index is 2.80. The molecule has 0 aliphatic rings. The van der Waals surface area contributed by atoms with Crippen molar-refractivity contribution in [2.24, 2.45) is 0 Å². The molecular weight excluding hydrogens is 216 g/mol. The van der Waals surface area contributed by atoms with E-state index in [2.05, 4.69) is 10.3 Å². The van der Waals surface area contributed by atoms with E-state index in [0.717, 1.165) is 5.01 Å². The van der Waals surface area contributed by atoms with Gasteiger partial charge < -0.3 is 10.4 Å². The number of carbonyl (C=O) groups excluding carboxylic acids is 1. The SMILES string of the molecule is CC(=O)N[C@H](CC(=O)O)c1csc(C)n1. The van der Waals surface area contributed by atoms with Gasteiger partial charge in [-0.15, -0.1) is 11.3 Å². The number of carboxylic acids is 1. The molecule has 0 saturated carbocycles. The summed E-state index contributed by atoms with van der Waals surface area (Å²) in [6.45, 7) is 3.19. The van der Waals surface area contributed by atoms with Gasteiger partial charge in [0.2, 0.25) is 5.91 Å². The van der Waals surface area contributed by atoms with E-state index in [1.807, 2.05) is 6.92 Å². The van der Waals surface area contributed by atoms with E-state index in [0.29, 0.717) is 5.69 Å². The highest BCUT2D eigenvalue weighted by atomic mass is 32.1. The van der Waals surface area contributed by atoms with Crippen LogP contribution in [0.3, 0.4) is 0 Å². The maximum Gasteiger partial charge on any atom is 0.305 e. The Kier molecular flexibility index (Phi) is 3.79. The zero-order valence-corrected chi connectivity index (χ0v) is 9.30. The minimum Gasteiger partial charge on any atom is -0.481 e. The number of aryl methyl sites for hydroxylation is 1. The third kappa shape index (κ3) is 3.67. The summed E-state index contributed by atoms with van der Waals surface area (Å²) in [6, 6.07) is -0.537. The van der Waals surface area contributed by atoms with Crippen molar-refractivity contribution in [1.29, 1.82) is 0 Å². The number of hydrogen-bond donors (Lipinski definition) is 2. The minimum atomic E-state index is -0.959. The second-order valence-electron chi connectivity index (χ2n) is 3.14. The molecule has 1 aromatic heterocycles. The zero-order valence-electron chi connectivity index (χ0n) is 8.48. The largest absolute Gasteiger partial charge is 0.481 e. The maximum absolute atomic E-state index is 10.9. The van der Waals surface area contributed by atoms with Crippen LogP contribution in [0.15, 0.2) is 5.38 Å². The number of nitrogens with one attached hydrogen (secondary N) is 1. The first-order chi connectivity index (χ1) is 6.99. The average Bonchev–Trinajstić information content (AvgIpc) is 2.48. The number of hydrogen-bond acceptors (Lipinski definition) is 4. The summed E-state index contributed by atoms with van der Waals surface area (Å²) in [5, 5.41) is 13.9. The quantitative estimate of drug-likeness (QED) is 0.808. The van der Waals surface area contributed by atoms with Crippen LogP contribution < -0.4 is 5.32 Å². The van der Waals surface area contributed by atoms with Gasteiger partial charge in [0.15, 0.2) is 0 Å². The summed E-state index contributed by atoms with van der Waals surface area (Å²) in [4.78, 5) is 25.6. The predicted molar refractivity (Wildman–Crippen MR) is 55.7 cm³/mol. The zero-order chi connectivity index (χ0) is 11.4. The Morgan fingerprint density at radius 1 is 1.67 bits per heavy atom. The molecule has 0 aromatic carbocycles. The molecule has 2 N–H and O–H groups in total. The van der Waals surface area contributed by atoms with Crippen LogP contribution >= 0.6 is 11.3 Å². The summed E-state index contributed by atoms with van der Waals surface area (Å²) in [6.07, 6.45) is -0.150. The van der Waals surface area contributed by atoms with Crippen LogP contribution in [0.4, 0.5) is 0 Å². The first-order valence-electron chi connectivity index (χ1n) is 4.40. The third-order valence-electron chi connectivity index (χ3n) is 1.75. The summed E-state index contributed by atoms with van der Waals surface area (Å²) >= 11 is 1.43. The number of aliphatic carboxylic acids is 1. The molecule has 0 unspecified atom stereocenters. The third-order valence-corrected chi connectivity index (χ3v) is 2.54. The molecule has 15 heavy (non-hydrogen) atoms. The van der Waals surface area contributed by atoms with Gasteiger partial charge in [-0.1, -0.05) is 0 Å². The summed E-state index contributed by atoms with van der Waals surface area (Å²) in [5.74, 6) is -1.22. The Morgan fingerprint density at radius 3 is 2.73 bits per heavy atom. The Labute approximate surface area is 91.1 Å². The molecule has 0 radical (unpaired) electrons. The van der Waals surface area contributed by atoms with Crippen molar-refractivity contribution < 1.29 is 14.7 Å². The number of carboxylic acid groups (broad SMARTS) is 1. The average molecular weight is 228 g/mol. The molecule has 5 nitrogen and oxygen atoms in total. The molecule has 0 spiro atoms. The predicted octanol–water partition coefficient (Wildman–Crippen LogP) is 1.10. The lowest BCUT2D eigenvalue weighted by atomic mass is 10.1. The molecule has 1 atom stereocenters. The highest BCUT2D eigenvalue weighted by Gasteiger charge is 2.18. The summed E-state index contributed by atoms with van der Waals surface area (Å²) < 4.78 is 0. The monoisotopic (exact) mass is 228 g/mol. The van der Waals surface area contributed by atoms with Crippen LogP contribution in [0.2, 0.25) is 0 Å². The van der Waals surface area contributed by atoms with Gasteiger partial charge in [0.05, 0.1) is 23.2 Å². The van der Waals surface area contributed by atoms with Crippen molar-refractivity contribution in [3.63, 3.8) is 0 Å². The highest BCUT2D eigenvalue weighted by Crippen LogP contribution is 2.19. The van der Waals surface area contributed by atoms with E-state index >= 15 is 0 Å². The van der Waals surface area contributed by atoms with E-state index in [4.69, 9.17) is 5.11 Å². The smallest absolute Gasteiger partial charge is 0.305 e. The standard InChI is InChI=1S/C9H12N2O3S/c1-5(12)10-7(3-9(13)14)8-4-15-6(2)11-8/h4,7H,3H2,1-2H3,(H,10,12)(H,13,14)/t7-/m1/s1. The van der Waals surface area contributed by atoms with Crippen molar-refractivity contribution in [3.8, 4) is 0 Å². The van der Waals surface area contributed by atoms with Gasteiger partial charge in [-0.25, -0.2) is 4.98 Å². The fraction of sp³-hybridized carbons (Fsp3) is 0.444. The second kappa shape index (κ2) is 4.88. The van der Waals surface area contributed by atoms with E-state index in [9.17, 15) is 9.59 Å². The Hall–Kier alpha value is -1.43. The molecule has 1 aromatic rings. The van der Waals surface area contributed by atoms with Gasteiger partial charge in [0.25, 0.3) is 0 Å². The fourth-order valence-corrected chi connectivity index (χ4v) is 1.86. The molecule has 0 bridgehead atoms. The molecular formula is C9H12N2O3S. The first-order valence-corrected chi connectivity index (χ1v) is 5.28. The Bertz CT molecular complexity index is 359. The molecule has 0 aliphatic heterocycles. The molecule has 82 valence electrons. The van der Waals surface area contributed by atoms with Gasteiger partial charge in [-0.05, 0) is 6.92 Å². The lowest BCUT2D eigenvalue weighted by Crippen LogP contribution is -2.28. The topological polar surface area (TPSA) is 79.3 Å². The second-order valence-corrected chi connectivity index (χ2v) is 4.20. The number of nitrogens with zero attached hydrogens (tertiary/aromatic N) is 1. The van der Waals surface area contributed by atoms with E-state index < -0.39 is 12.0 Å². The van der Waals surface area contributed by atoms with Gasteiger partial charge in [-0.3, -0.25) is 9.59 Å². The molecule has 1 rings (SSSR count). The van der Waals surface area contributed by atoms with E-state index in [1.165, 1.54) is 18.3 Å². The van der Waals surface area contributed by atoms with Crippen LogP contribution in [-0.2, 0) is 9.59 Å². The number of carbonyl (C=O) groups is 2. The van der Waals surface area contributed by atoms with Crippen LogP contribution in [0.5, 0.6) is 0 Å². The van der Waals surface area contributed by atoms with Gasteiger partial charge in [0.1, 0.15) is 0 Å². The van der Waals surface area contributed by atoms with Crippen LogP contribution in [0.1, 0.15) is 30.1 Å². The minimum absolute atomic E-state index is 0.150. The lowest BCUT2D eigenvalue weighted by Gasteiger charge is -2.12. The van der Waals surface area contributed by atoms with E-state index in [1.54, 1.807) is 5.38 Å². The molecule has 1 heterocycles. The molecule has 0 fully saturated rings. The summed E-state index contributed by atoms with van der Waals surface area (Å²) in [7, 11) is 0. The first kappa shape index (κ1) is 11.6. The van der Waals surface area contributed by atoms with Gasteiger partial charge in [-0.2, -0.15) is 0 Å². The van der Waals surface area contributed by atoms with Crippen molar-refractivity contribution in [1.82, 2.24) is 10.3 Å². The summed E-state index contributed by atoms with van der Waals surface area (Å²) in [5.41, 5.74) is 0.607. The highest BCUT2D eigenvalue weighted by molar-refractivity contribution is 7.09. The maximum atomic E-state index is 10.9. The van der Waals surface area contributed by atoms with Crippen molar-refractivity contribution in [2.75, 3.05) is 0 Å². The van der Waals surface area contributed by atoms with Crippen molar-refractivity contribution in [2.45, 2.75) is 26.3 Å². The lowest BCUT2D eigenvalue weighted by molar-refractivity contribution is -0.137. The molecule has 0 aliphatic carbocycles. The number of rotatable bonds is 4. The number of amides is 1. The van der Waals surface area contributed by atoms with E-state index in [-0.39, 0.29) is 12.3 Å². The number of thiazole rings is 1. The van der Waals surface area contributed by atoms with Crippen LogP contribution in [0.25, 0.3) is 0 Å². The number of aromatic nitrogens is 1. The van der Waals surface area contributed by atoms with Crippen LogP contribution in [0, 0.1) is 6.92 Å². The fourth-order valence-electron chi connectivity index (χ4n) is 1.19. The normalized spacial score (nSPS) is 12.1. The van der Waals surface area contributed by atoms with Crippen molar-refractivity contribution in [3.05, 3.63) is 16.1 Å². The van der Waals surface area contributed by atoms with Gasteiger partial charge >= 0.3 is 5.97 Å². The Morgan fingerprint density at radius 2 is 2.33 bits per heavy atom. The molecule has 1 amide bonds. The van der Waals surface area contributed by atoms with Gasteiger partial charge in [0, 0.05) is 12.3 Å². The van der Waals surface area contributed by atoms with Crippen molar-refractivity contribution >= 4 is 23.2 Å². The van der Waals surface area contributed by atoms with Crippen LogP contribution in [-0.4, -0.2) is 22.0 Å².